The van der Waals surface area contributed by atoms with Crippen molar-refractivity contribution in [3.8, 4) is 17.2 Å². The van der Waals surface area contributed by atoms with Crippen molar-refractivity contribution >= 4 is 17.9 Å². The van der Waals surface area contributed by atoms with Crippen LogP contribution in [0.25, 0.3) is 0 Å². The number of aliphatic carboxylic acids is 3. The molecule has 13 heteroatoms. The van der Waals surface area contributed by atoms with Gasteiger partial charge in [0.05, 0.1) is 25.6 Å². The van der Waals surface area contributed by atoms with Crippen LogP contribution in [0.5, 0.6) is 17.2 Å². The fourth-order valence-electron chi connectivity index (χ4n) is 4.96. The Balaban J connectivity index is 0.000000302. The number of carboxylic acids is 3. The normalized spacial score (nSPS) is 16.2. The molecule has 4 N–H and O–H groups in total. The van der Waals surface area contributed by atoms with Crippen molar-refractivity contribution in [1.29, 1.82) is 0 Å². The maximum atomic E-state index is 10.3. The predicted octanol–water partition coefficient (Wildman–Crippen LogP) is 2.06. The fraction of sp³-hybridized carbons (Fsp3) is 0.500. The number of likely N-dealkylation sites (N-methyl/N-ethyl adjacent to an activating group) is 1. The molecule has 224 valence electrons. The van der Waals surface area contributed by atoms with Gasteiger partial charge in [-0.15, -0.1) is 0 Å². The summed E-state index contributed by atoms with van der Waals surface area (Å²) in [5, 5.41) is 33.8. The highest BCUT2D eigenvalue weighted by Gasteiger charge is 2.40. The molecule has 3 heterocycles. The molecule has 1 saturated heterocycles. The molecule has 13 nitrogen and oxygen atoms in total. The SMILES string of the molecule is CCN1CCCC1CN(Cc1ccccn1)Cc1cc2c(cc1OC)OCO2.O=C(O)CC(O)(CC(=O)O)C(=O)O. The highest BCUT2D eigenvalue weighted by molar-refractivity contribution is 5.88. The van der Waals surface area contributed by atoms with E-state index in [-0.39, 0.29) is 6.79 Å². The van der Waals surface area contributed by atoms with Crippen LogP contribution in [0.1, 0.15) is 43.9 Å². The zero-order valence-electron chi connectivity index (χ0n) is 23.2. The van der Waals surface area contributed by atoms with E-state index in [0.29, 0.717) is 6.04 Å². The van der Waals surface area contributed by atoms with Crippen LogP contribution >= 0.6 is 0 Å². The Hall–Kier alpha value is -3.94. The quantitative estimate of drug-likeness (QED) is 0.273. The van der Waals surface area contributed by atoms with E-state index < -0.39 is 36.4 Å². The van der Waals surface area contributed by atoms with Crippen molar-refractivity contribution in [2.45, 2.75) is 57.3 Å². The second-order valence-electron chi connectivity index (χ2n) is 9.91. The minimum absolute atomic E-state index is 0.271. The standard InChI is InChI=1S/C22H29N3O3.C6H8O7/c1-3-25-10-6-8-19(25)15-24(14-18-7-4-5-9-23-18)13-17-11-21-22(28-16-27-21)12-20(17)26-2;7-3(8)1-6(13,5(11)12)2-4(9)10/h4-5,7,9,11-12,19H,3,6,8,10,13-16H2,1-2H3;13H,1-2H2,(H,7,8)(H,9,10)(H,11,12). The van der Waals surface area contributed by atoms with Crippen molar-refractivity contribution in [3.05, 3.63) is 47.8 Å². The first-order chi connectivity index (χ1) is 19.5. The molecule has 1 aromatic heterocycles. The summed E-state index contributed by atoms with van der Waals surface area (Å²) in [5.41, 5.74) is -0.538. The number of carbonyl (C=O) groups is 3. The van der Waals surface area contributed by atoms with Gasteiger partial charge in [-0.1, -0.05) is 13.0 Å². The van der Waals surface area contributed by atoms with Gasteiger partial charge in [0.15, 0.2) is 17.1 Å². The second-order valence-corrected chi connectivity index (χ2v) is 9.91. The molecule has 2 aliphatic rings. The topological polar surface area (TPSA) is 179 Å². The zero-order chi connectivity index (χ0) is 30.0. The Bertz CT molecular complexity index is 1180. The Kier molecular flexibility index (Phi) is 11.3. The predicted molar refractivity (Wildman–Crippen MR) is 145 cm³/mol. The zero-order valence-corrected chi connectivity index (χ0v) is 23.2. The molecule has 41 heavy (non-hydrogen) atoms. The van der Waals surface area contributed by atoms with Gasteiger partial charge in [0.2, 0.25) is 6.79 Å². The average Bonchev–Trinajstić information content (AvgIpc) is 3.56. The highest BCUT2D eigenvalue weighted by Crippen LogP contribution is 2.38. The van der Waals surface area contributed by atoms with Gasteiger partial charge in [-0.25, -0.2) is 4.79 Å². The summed E-state index contributed by atoms with van der Waals surface area (Å²) in [6.45, 7) is 7.44. The van der Waals surface area contributed by atoms with Crippen molar-refractivity contribution in [2.24, 2.45) is 0 Å². The molecule has 1 aromatic carbocycles. The monoisotopic (exact) mass is 575 g/mol. The van der Waals surface area contributed by atoms with Crippen molar-refractivity contribution in [2.75, 3.05) is 33.5 Å². The van der Waals surface area contributed by atoms with Gasteiger partial charge < -0.3 is 34.6 Å². The summed E-state index contributed by atoms with van der Waals surface area (Å²) < 4.78 is 16.7. The lowest BCUT2D eigenvalue weighted by Crippen LogP contribution is -2.42. The maximum absolute atomic E-state index is 10.3. The van der Waals surface area contributed by atoms with Gasteiger partial charge in [0.1, 0.15) is 5.75 Å². The fourth-order valence-corrected chi connectivity index (χ4v) is 4.96. The second kappa shape index (κ2) is 14.6. The number of aromatic nitrogens is 1. The summed E-state index contributed by atoms with van der Waals surface area (Å²) in [5.74, 6) is -2.63. The number of hydrogen-bond donors (Lipinski definition) is 4. The molecule has 2 aliphatic heterocycles. The number of aliphatic hydroxyl groups is 1. The number of ether oxygens (including phenoxy) is 3. The number of benzene rings is 1. The summed E-state index contributed by atoms with van der Waals surface area (Å²) >= 11 is 0. The van der Waals surface area contributed by atoms with Gasteiger partial charge in [-0.2, -0.15) is 0 Å². The lowest BCUT2D eigenvalue weighted by molar-refractivity contribution is -0.170. The van der Waals surface area contributed by atoms with Crippen molar-refractivity contribution in [1.82, 2.24) is 14.8 Å². The number of pyridine rings is 1. The highest BCUT2D eigenvalue weighted by atomic mass is 16.7. The van der Waals surface area contributed by atoms with E-state index in [1.807, 2.05) is 18.3 Å². The number of fused-ring (bicyclic) bond motifs is 1. The Morgan fingerprint density at radius 1 is 1.10 bits per heavy atom. The average molecular weight is 576 g/mol. The smallest absolute Gasteiger partial charge is 0.336 e. The first-order valence-corrected chi connectivity index (χ1v) is 13.3. The third-order valence-corrected chi connectivity index (χ3v) is 6.94. The van der Waals surface area contributed by atoms with Crippen molar-refractivity contribution in [3.63, 3.8) is 0 Å². The summed E-state index contributed by atoms with van der Waals surface area (Å²) in [6, 6.07) is 10.7. The summed E-state index contributed by atoms with van der Waals surface area (Å²) in [6.07, 6.45) is 2.11. The van der Waals surface area contributed by atoms with Crippen LogP contribution < -0.4 is 14.2 Å². The number of carboxylic acid groups (broad SMARTS) is 3. The van der Waals surface area contributed by atoms with E-state index in [9.17, 15) is 14.4 Å². The van der Waals surface area contributed by atoms with Gasteiger partial charge in [0, 0.05) is 43.5 Å². The number of likely N-dealkylation sites (tertiary alicyclic amines) is 1. The maximum Gasteiger partial charge on any atom is 0.336 e. The molecule has 0 aliphatic carbocycles. The molecule has 1 fully saturated rings. The number of nitrogens with zero attached hydrogens (tertiary/aromatic N) is 3. The van der Waals surface area contributed by atoms with Gasteiger partial charge >= 0.3 is 17.9 Å². The third-order valence-electron chi connectivity index (χ3n) is 6.94. The van der Waals surface area contributed by atoms with Crippen LogP contribution in [-0.2, 0) is 27.5 Å². The molecule has 0 amide bonds. The minimum atomic E-state index is -2.74. The molecule has 1 unspecified atom stereocenters. The lowest BCUT2D eigenvalue weighted by atomic mass is 9.96. The van der Waals surface area contributed by atoms with Crippen LogP contribution in [-0.4, -0.2) is 98.3 Å². The van der Waals surface area contributed by atoms with E-state index >= 15 is 0 Å². The molecule has 4 rings (SSSR count). The van der Waals surface area contributed by atoms with E-state index in [2.05, 4.69) is 39.9 Å². The summed E-state index contributed by atoms with van der Waals surface area (Å²) in [7, 11) is 1.71. The van der Waals surface area contributed by atoms with Crippen LogP contribution in [0.4, 0.5) is 0 Å². The van der Waals surface area contributed by atoms with E-state index in [0.717, 1.165) is 54.7 Å². The molecule has 0 saturated carbocycles. The summed E-state index contributed by atoms with van der Waals surface area (Å²) in [4.78, 5) is 40.1. The Morgan fingerprint density at radius 3 is 2.34 bits per heavy atom. The molecule has 0 bridgehead atoms. The van der Waals surface area contributed by atoms with E-state index in [4.69, 9.17) is 34.6 Å². The van der Waals surface area contributed by atoms with E-state index in [1.165, 1.54) is 19.4 Å². The Labute approximate surface area is 237 Å². The molecule has 2 aromatic rings. The molecule has 0 spiro atoms. The first kappa shape index (κ1) is 31.6. The van der Waals surface area contributed by atoms with Crippen LogP contribution in [0.15, 0.2) is 36.5 Å². The largest absolute Gasteiger partial charge is 0.496 e. The first-order valence-electron chi connectivity index (χ1n) is 13.3. The Morgan fingerprint density at radius 2 is 1.78 bits per heavy atom. The lowest BCUT2D eigenvalue weighted by Gasteiger charge is -2.30. The number of methoxy groups -OCH3 is 1. The van der Waals surface area contributed by atoms with Crippen molar-refractivity contribution < 1.29 is 49.0 Å². The van der Waals surface area contributed by atoms with Crippen LogP contribution in [0.2, 0.25) is 0 Å². The van der Waals surface area contributed by atoms with Crippen LogP contribution in [0, 0.1) is 0 Å². The third kappa shape index (κ3) is 9.03. The molecule has 0 radical (unpaired) electrons. The number of rotatable bonds is 13. The molecular weight excluding hydrogens is 538 g/mol. The molecular formula is C28H37N3O10. The van der Waals surface area contributed by atoms with Crippen LogP contribution in [0.3, 0.4) is 0 Å². The van der Waals surface area contributed by atoms with Gasteiger partial charge in [-0.3, -0.25) is 24.4 Å². The van der Waals surface area contributed by atoms with Gasteiger partial charge in [-0.05, 0) is 44.1 Å². The van der Waals surface area contributed by atoms with Gasteiger partial charge in [0.25, 0.3) is 0 Å². The minimum Gasteiger partial charge on any atom is -0.496 e. The number of hydrogen-bond acceptors (Lipinski definition) is 10. The molecule has 1 atom stereocenters. The van der Waals surface area contributed by atoms with E-state index in [1.54, 1.807) is 7.11 Å².